The molecule has 0 unspecified atom stereocenters. The number of ether oxygens (including phenoxy) is 2. The van der Waals surface area contributed by atoms with Crippen LogP contribution in [0, 0.1) is 0 Å². The van der Waals surface area contributed by atoms with Crippen LogP contribution < -0.4 is 20.1 Å². The van der Waals surface area contributed by atoms with E-state index in [0.717, 1.165) is 0 Å². The maximum absolute atomic E-state index is 14.3. The topological polar surface area (TPSA) is 66.9 Å². The molecule has 2 aliphatic rings. The third kappa shape index (κ3) is 4.14. The van der Waals surface area contributed by atoms with Gasteiger partial charge in [0.2, 0.25) is 0 Å². The fourth-order valence-electron chi connectivity index (χ4n) is 4.23. The lowest BCUT2D eigenvalue weighted by atomic mass is 10.0. The zero-order valence-electron chi connectivity index (χ0n) is 17.9. The Bertz CT molecular complexity index is 1250. The average Bonchev–Trinajstić information content (AvgIpc) is 2.83. The number of aromatic nitrogens is 1. The van der Waals surface area contributed by atoms with Crippen LogP contribution in [0.2, 0.25) is 0 Å². The van der Waals surface area contributed by atoms with E-state index in [9.17, 15) is 18.0 Å². The van der Waals surface area contributed by atoms with Gasteiger partial charge in [0.25, 0.3) is 5.91 Å². The predicted octanol–water partition coefficient (Wildman–Crippen LogP) is 4.40. The van der Waals surface area contributed by atoms with E-state index < -0.39 is 23.3 Å². The molecule has 2 aromatic carbocycles. The van der Waals surface area contributed by atoms with Crippen molar-refractivity contribution in [2.24, 2.45) is 0 Å². The number of hydrazine groups is 1. The molecular weight excluding hydrogens is 517 g/mol. The number of fused-ring (bicyclic) bond motifs is 2. The molecule has 3 heterocycles. The van der Waals surface area contributed by atoms with Gasteiger partial charge in [-0.05, 0) is 34.1 Å². The van der Waals surface area contributed by atoms with Crippen LogP contribution in [0.4, 0.5) is 24.5 Å². The molecule has 34 heavy (non-hydrogen) atoms. The summed E-state index contributed by atoms with van der Waals surface area (Å²) in [5.74, 6) is -0.348. The van der Waals surface area contributed by atoms with Crippen LogP contribution in [0.3, 0.4) is 0 Å². The first kappa shape index (κ1) is 22.7. The Morgan fingerprint density at radius 2 is 1.79 bits per heavy atom. The molecule has 178 valence electrons. The molecule has 1 amide bonds. The van der Waals surface area contributed by atoms with Crippen molar-refractivity contribution in [3.63, 3.8) is 0 Å². The number of rotatable bonds is 3. The number of nitrogens with zero attached hydrogens (tertiary/aromatic N) is 3. The van der Waals surface area contributed by atoms with Crippen LogP contribution in [-0.2, 0) is 10.9 Å². The molecule has 11 heteroatoms. The molecule has 1 saturated heterocycles. The molecule has 3 aromatic rings. The van der Waals surface area contributed by atoms with E-state index in [1.54, 1.807) is 47.4 Å². The van der Waals surface area contributed by atoms with Crippen LogP contribution in [0.5, 0.6) is 5.75 Å². The van der Waals surface area contributed by atoms with Crippen molar-refractivity contribution >= 4 is 44.1 Å². The second-order valence-corrected chi connectivity index (χ2v) is 8.68. The zero-order valence-corrected chi connectivity index (χ0v) is 19.4. The number of carbonyl (C=O) groups excluding carboxylic acids is 1. The van der Waals surface area contributed by atoms with E-state index in [4.69, 9.17) is 9.47 Å². The molecule has 2 aliphatic heterocycles. The number of hydrogen-bond acceptors (Lipinski definition) is 6. The van der Waals surface area contributed by atoms with Crippen LogP contribution >= 0.6 is 15.9 Å². The van der Waals surface area contributed by atoms with Crippen molar-refractivity contribution in [1.29, 1.82) is 0 Å². The maximum atomic E-state index is 14.3. The number of amides is 1. The minimum Gasteiger partial charge on any atom is -0.489 e. The lowest BCUT2D eigenvalue weighted by Gasteiger charge is -2.34. The first-order chi connectivity index (χ1) is 16.3. The van der Waals surface area contributed by atoms with Crippen molar-refractivity contribution < 1.29 is 27.4 Å². The van der Waals surface area contributed by atoms with Crippen molar-refractivity contribution in [2.45, 2.75) is 6.18 Å². The summed E-state index contributed by atoms with van der Waals surface area (Å²) in [5, 5.41) is 1.96. The molecule has 7 nitrogen and oxygen atoms in total. The van der Waals surface area contributed by atoms with Gasteiger partial charge in [-0.15, -0.1) is 0 Å². The van der Waals surface area contributed by atoms with Gasteiger partial charge in [-0.2, -0.15) is 13.2 Å². The number of morpholine rings is 1. The van der Waals surface area contributed by atoms with Crippen molar-refractivity contribution in [3.8, 4) is 5.75 Å². The number of nitrogens with one attached hydrogen (secondary N) is 1. The van der Waals surface area contributed by atoms with Gasteiger partial charge in [0.05, 0.1) is 42.2 Å². The average molecular weight is 537 g/mol. The number of carbonyl (C=O) groups is 1. The number of anilines is 2. The van der Waals surface area contributed by atoms with Crippen LogP contribution in [0.1, 0.15) is 16.1 Å². The summed E-state index contributed by atoms with van der Waals surface area (Å²) in [6.07, 6.45) is -4.85. The maximum Gasteiger partial charge on any atom is 0.434 e. The number of halogens is 4. The van der Waals surface area contributed by atoms with E-state index in [-0.39, 0.29) is 24.4 Å². The summed E-state index contributed by atoms with van der Waals surface area (Å²) in [5.41, 5.74) is 1.84. The van der Waals surface area contributed by atoms with Crippen LogP contribution in [0.25, 0.3) is 10.9 Å². The first-order valence-electron chi connectivity index (χ1n) is 10.7. The third-order valence-corrected chi connectivity index (χ3v) is 6.37. The van der Waals surface area contributed by atoms with Gasteiger partial charge in [0.15, 0.2) is 5.69 Å². The summed E-state index contributed by atoms with van der Waals surface area (Å²) in [7, 11) is 0. The molecule has 1 fully saturated rings. The number of benzene rings is 2. The van der Waals surface area contributed by atoms with E-state index in [1.165, 1.54) is 5.01 Å². The van der Waals surface area contributed by atoms with Gasteiger partial charge in [-0.25, -0.2) is 4.98 Å². The Balaban J connectivity index is 1.68. The van der Waals surface area contributed by atoms with Gasteiger partial charge >= 0.3 is 6.18 Å². The minimum atomic E-state index is -4.85. The van der Waals surface area contributed by atoms with Gasteiger partial charge in [0, 0.05) is 22.9 Å². The number of pyridine rings is 1. The lowest BCUT2D eigenvalue weighted by molar-refractivity contribution is -0.141. The van der Waals surface area contributed by atoms with Gasteiger partial charge < -0.3 is 14.4 Å². The fourth-order valence-corrected chi connectivity index (χ4v) is 4.69. The summed E-state index contributed by atoms with van der Waals surface area (Å²) in [6.45, 7) is 1.95. The SMILES string of the molecule is O=C(NN1CCOc2ccccc21)c1c(C(F)(F)F)nc2c(Br)cccc2c1N1CCOCC1. The summed E-state index contributed by atoms with van der Waals surface area (Å²) < 4.78 is 54.3. The van der Waals surface area contributed by atoms with E-state index in [2.05, 4.69) is 26.3 Å². The Morgan fingerprint density at radius 1 is 1.03 bits per heavy atom. The quantitative estimate of drug-likeness (QED) is 0.535. The summed E-state index contributed by atoms with van der Waals surface area (Å²) >= 11 is 3.32. The van der Waals surface area contributed by atoms with E-state index in [0.29, 0.717) is 47.6 Å². The number of hydrogen-bond donors (Lipinski definition) is 1. The fraction of sp³-hybridized carbons (Fsp3) is 0.304. The molecule has 1 N–H and O–H groups in total. The molecule has 0 radical (unpaired) electrons. The Hall–Kier alpha value is -3.05. The van der Waals surface area contributed by atoms with Crippen molar-refractivity contribution in [1.82, 2.24) is 10.4 Å². The standard InChI is InChI=1S/C23H20BrF3N4O3/c24-15-5-3-4-14-19(15)28-21(23(25,26)27)18(20(14)30-8-11-33-12-9-30)22(32)29-31-10-13-34-17-7-2-1-6-16(17)31/h1-7H,8-13H2,(H,29,32). The molecule has 0 aliphatic carbocycles. The molecule has 0 spiro atoms. The molecule has 5 rings (SSSR count). The highest BCUT2D eigenvalue weighted by Gasteiger charge is 2.41. The Kier molecular flexibility index (Phi) is 5.98. The number of alkyl halides is 3. The monoisotopic (exact) mass is 536 g/mol. The highest BCUT2D eigenvalue weighted by molar-refractivity contribution is 9.10. The van der Waals surface area contributed by atoms with Crippen molar-refractivity contribution in [2.75, 3.05) is 49.4 Å². The highest BCUT2D eigenvalue weighted by Crippen LogP contribution is 2.41. The lowest BCUT2D eigenvalue weighted by Crippen LogP contribution is -2.48. The van der Waals surface area contributed by atoms with Crippen LogP contribution in [0.15, 0.2) is 46.9 Å². The minimum absolute atomic E-state index is 0.143. The summed E-state index contributed by atoms with van der Waals surface area (Å²) in [4.78, 5) is 19.3. The number of para-hydroxylation sites is 3. The van der Waals surface area contributed by atoms with Crippen LogP contribution in [-0.4, -0.2) is 50.3 Å². The third-order valence-electron chi connectivity index (χ3n) is 5.73. The first-order valence-corrected chi connectivity index (χ1v) is 11.5. The molecule has 1 aromatic heterocycles. The van der Waals surface area contributed by atoms with E-state index in [1.807, 2.05) is 0 Å². The van der Waals surface area contributed by atoms with Crippen molar-refractivity contribution in [3.05, 3.63) is 58.2 Å². The largest absolute Gasteiger partial charge is 0.489 e. The molecule has 0 atom stereocenters. The van der Waals surface area contributed by atoms with Gasteiger partial charge in [0.1, 0.15) is 12.4 Å². The van der Waals surface area contributed by atoms with Gasteiger partial charge in [-0.3, -0.25) is 15.2 Å². The predicted molar refractivity (Wildman–Crippen MR) is 124 cm³/mol. The molecule has 0 bridgehead atoms. The van der Waals surface area contributed by atoms with Gasteiger partial charge in [-0.1, -0.05) is 24.3 Å². The normalized spacial score (nSPS) is 16.2. The molecule has 0 saturated carbocycles. The molecular formula is C23H20BrF3N4O3. The zero-order chi connectivity index (χ0) is 23.9. The smallest absolute Gasteiger partial charge is 0.434 e. The second-order valence-electron chi connectivity index (χ2n) is 7.83. The Morgan fingerprint density at radius 3 is 2.56 bits per heavy atom. The Labute approximate surface area is 201 Å². The second kappa shape index (κ2) is 8.95. The van der Waals surface area contributed by atoms with E-state index >= 15 is 0 Å². The highest BCUT2D eigenvalue weighted by atomic mass is 79.9. The summed E-state index contributed by atoms with van der Waals surface area (Å²) in [6, 6.07) is 12.0.